The van der Waals surface area contributed by atoms with Crippen LogP contribution in [0.4, 0.5) is 4.79 Å². The van der Waals surface area contributed by atoms with Crippen LogP contribution in [0.3, 0.4) is 0 Å². The molecule has 0 radical (unpaired) electrons. The number of nitrogens with zero attached hydrogens (tertiary/aromatic N) is 1. The maximum atomic E-state index is 12.2. The Kier molecular flexibility index (Phi) is 8.33. The largest absolute Gasteiger partial charge is 0.465 e. The van der Waals surface area contributed by atoms with Crippen LogP contribution in [0.5, 0.6) is 0 Å². The summed E-state index contributed by atoms with van der Waals surface area (Å²) in [7, 11) is 0. The number of hydrogen-bond acceptors (Lipinski definition) is 5. The molecule has 0 aliphatic heterocycles. The van der Waals surface area contributed by atoms with Crippen molar-refractivity contribution in [2.45, 2.75) is 12.7 Å². The maximum Gasteiger partial charge on any atom is 0.325 e. The van der Waals surface area contributed by atoms with Crippen molar-refractivity contribution < 1.29 is 18.9 Å². The molecule has 0 bridgehead atoms. The quantitative estimate of drug-likeness (QED) is 0.511. The fraction of sp³-hybridized carbons (Fsp3) is 0.385. The molecule has 0 heterocycles. The van der Waals surface area contributed by atoms with Crippen LogP contribution >= 0.6 is 40.1 Å². The molecule has 0 spiro atoms. The van der Waals surface area contributed by atoms with E-state index in [9.17, 15) is 14.2 Å². The van der Waals surface area contributed by atoms with E-state index in [0.717, 1.165) is 22.2 Å². The summed E-state index contributed by atoms with van der Waals surface area (Å²) in [4.78, 5) is 24.7. The van der Waals surface area contributed by atoms with Crippen molar-refractivity contribution >= 4 is 51.3 Å². The Morgan fingerprint density at radius 2 is 1.91 bits per heavy atom. The third-order valence-electron chi connectivity index (χ3n) is 2.42. The molecule has 9 heteroatoms. The third-order valence-corrected chi connectivity index (χ3v) is 4.72. The summed E-state index contributed by atoms with van der Waals surface area (Å²) in [6.45, 7) is 1.51. The second-order valence-corrected chi connectivity index (χ2v) is 10.4. The van der Waals surface area contributed by atoms with E-state index in [2.05, 4.69) is 0 Å². The van der Waals surface area contributed by atoms with Gasteiger partial charge in [-0.2, -0.15) is 0 Å². The maximum absolute atomic E-state index is 12.2. The fourth-order valence-corrected chi connectivity index (χ4v) is 3.83. The molecule has 0 aliphatic carbocycles. The number of thioether (sulfide) groups is 1. The van der Waals surface area contributed by atoms with Crippen molar-refractivity contribution in [2.24, 2.45) is 0 Å². The Bertz CT molecular complexity index is 552. The number of rotatable bonds is 7. The highest BCUT2D eigenvalue weighted by atomic mass is 35.9. The molecule has 1 aromatic rings. The van der Waals surface area contributed by atoms with Crippen molar-refractivity contribution in [1.29, 1.82) is 0 Å². The monoisotopic (exact) mass is 383 g/mol. The number of carbonyl (C=O) groups excluding carboxylic acids is 2. The van der Waals surface area contributed by atoms with Crippen LogP contribution in [0.1, 0.15) is 12.5 Å². The van der Waals surface area contributed by atoms with Crippen molar-refractivity contribution in [3.05, 3.63) is 35.9 Å². The highest BCUT2D eigenvalue weighted by molar-refractivity contribution is 8.13. The van der Waals surface area contributed by atoms with Gasteiger partial charge in [-0.3, -0.25) is 14.2 Å². The summed E-state index contributed by atoms with van der Waals surface area (Å²) >= 11 is 12.0. The zero-order valence-corrected chi connectivity index (χ0v) is 15.1. The van der Waals surface area contributed by atoms with Gasteiger partial charge in [-0.05, 0) is 35.0 Å². The molecule has 0 saturated carbocycles. The highest BCUT2D eigenvalue weighted by Gasteiger charge is 2.26. The molecule has 0 fully saturated rings. The topological polar surface area (TPSA) is 63.7 Å². The minimum atomic E-state index is -3.52. The lowest BCUT2D eigenvalue weighted by atomic mass is 10.2. The molecule has 1 aromatic carbocycles. The normalized spacial score (nSPS) is 11.0. The smallest absolute Gasteiger partial charge is 0.325 e. The second-order valence-electron chi connectivity index (χ2n) is 4.25. The van der Waals surface area contributed by atoms with E-state index in [0.29, 0.717) is 5.75 Å². The highest BCUT2D eigenvalue weighted by Crippen LogP contribution is 2.57. The van der Waals surface area contributed by atoms with Gasteiger partial charge in [0.1, 0.15) is 12.8 Å². The number of ether oxygens (including phenoxy) is 1. The first-order chi connectivity index (χ1) is 10.3. The molecule has 0 unspecified atom stereocenters. The lowest BCUT2D eigenvalue weighted by Crippen LogP contribution is -2.34. The standard InChI is InChI=1S/C13H16Cl2NO4PS/c1-2-20-12(17)8-16(10-21(14,15)19)13(18)22-9-11-6-4-3-5-7-11/h3-7H,2,8-10H2,1H3. The Morgan fingerprint density at radius 1 is 1.27 bits per heavy atom. The zero-order chi connectivity index (χ0) is 16.6. The summed E-state index contributed by atoms with van der Waals surface area (Å²) in [6.07, 6.45) is -0.393. The summed E-state index contributed by atoms with van der Waals surface area (Å²) < 4.78 is 16.3. The van der Waals surface area contributed by atoms with Crippen LogP contribution in [0, 0.1) is 0 Å². The summed E-state index contributed by atoms with van der Waals surface area (Å²) in [5, 5.41) is -0.432. The minimum absolute atomic E-state index is 0.192. The molecule has 1 amide bonds. The van der Waals surface area contributed by atoms with Crippen LogP contribution in [-0.2, 0) is 19.8 Å². The van der Waals surface area contributed by atoms with E-state index in [4.69, 9.17) is 27.2 Å². The molecule has 0 aromatic heterocycles. The summed E-state index contributed by atoms with van der Waals surface area (Å²) in [5.41, 5.74) is 0.955. The van der Waals surface area contributed by atoms with Gasteiger partial charge in [-0.1, -0.05) is 42.1 Å². The van der Waals surface area contributed by atoms with Crippen molar-refractivity contribution in [2.75, 3.05) is 19.4 Å². The molecule has 22 heavy (non-hydrogen) atoms. The number of hydrogen-bond donors (Lipinski definition) is 0. The van der Waals surface area contributed by atoms with E-state index in [1.54, 1.807) is 6.92 Å². The van der Waals surface area contributed by atoms with Gasteiger partial charge in [0.25, 0.3) is 11.1 Å². The Balaban J connectivity index is 2.66. The Labute approximate surface area is 143 Å². The van der Waals surface area contributed by atoms with Gasteiger partial charge in [0.05, 0.1) is 6.61 Å². The number of halogens is 2. The number of carbonyl (C=O) groups is 2. The molecule has 0 aliphatic rings. The number of amides is 1. The first kappa shape index (κ1) is 19.4. The molecule has 5 nitrogen and oxygen atoms in total. The average molecular weight is 384 g/mol. The predicted molar refractivity (Wildman–Crippen MR) is 90.7 cm³/mol. The van der Waals surface area contributed by atoms with E-state index >= 15 is 0 Å². The average Bonchev–Trinajstić information content (AvgIpc) is 2.44. The molecule has 0 N–H and O–H groups in total. The van der Waals surface area contributed by atoms with Crippen LogP contribution in [0.2, 0.25) is 0 Å². The predicted octanol–water partition coefficient (Wildman–Crippen LogP) is 4.53. The van der Waals surface area contributed by atoms with Crippen LogP contribution < -0.4 is 0 Å². The van der Waals surface area contributed by atoms with Gasteiger partial charge in [-0.15, -0.1) is 0 Å². The van der Waals surface area contributed by atoms with Crippen LogP contribution in [0.25, 0.3) is 0 Å². The first-order valence-corrected chi connectivity index (χ1v) is 11.1. The molecular weight excluding hydrogens is 368 g/mol. The van der Waals surface area contributed by atoms with Gasteiger partial charge >= 0.3 is 5.97 Å². The lowest BCUT2D eigenvalue weighted by molar-refractivity contribution is -0.143. The van der Waals surface area contributed by atoms with Crippen molar-refractivity contribution in [3.63, 3.8) is 0 Å². The zero-order valence-electron chi connectivity index (χ0n) is 11.9. The summed E-state index contributed by atoms with van der Waals surface area (Å²) in [5.74, 6) is -3.69. The van der Waals surface area contributed by atoms with Crippen LogP contribution in [0.15, 0.2) is 30.3 Å². The van der Waals surface area contributed by atoms with Crippen molar-refractivity contribution in [1.82, 2.24) is 4.90 Å². The molecule has 1 rings (SSSR count). The molecule has 0 saturated heterocycles. The molecular formula is C13H16Cl2NO4PS. The van der Waals surface area contributed by atoms with Crippen molar-refractivity contribution in [3.8, 4) is 0 Å². The first-order valence-electron chi connectivity index (χ1n) is 6.41. The second kappa shape index (κ2) is 9.46. The SMILES string of the molecule is CCOC(=O)CN(CP(=O)(Cl)Cl)C(=O)SCc1ccccc1. The number of benzene rings is 1. The van der Waals surface area contributed by atoms with E-state index in [1.165, 1.54) is 0 Å². The van der Waals surface area contributed by atoms with Gasteiger partial charge in [-0.25, -0.2) is 0 Å². The van der Waals surface area contributed by atoms with Gasteiger partial charge in [0, 0.05) is 5.75 Å². The number of esters is 1. The van der Waals surface area contributed by atoms with Crippen LogP contribution in [-0.4, -0.2) is 35.5 Å². The minimum Gasteiger partial charge on any atom is -0.465 e. The van der Waals surface area contributed by atoms with Gasteiger partial charge in [0.15, 0.2) is 0 Å². The van der Waals surface area contributed by atoms with Gasteiger partial charge in [0.2, 0.25) is 0 Å². The molecule has 0 atom stereocenters. The van der Waals surface area contributed by atoms with E-state index in [1.807, 2.05) is 30.3 Å². The lowest BCUT2D eigenvalue weighted by Gasteiger charge is -2.21. The van der Waals surface area contributed by atoms with Gasteiger partial charge < -0.3 is 9.64 Å². The third kappa shape index (κ3) is 8.08. The summed E-state index contributed by atoms with van der Waals surface area (Å²) in [6, 6.07) is 9.36. The Morgan fingerprint density at radius 3 is 2.45 bits per heavy atom. The fourth-order valence-electron chi connectivity index (χ4n) is 1.54. The van der Waals surface area contributed by atoms with E-state index < -0.39 is 23.3 Å². The Hall–Kier alpha value is -0.680. The molecule has 122 valence electrons. The van der Waals surface area contributed by atoms with E-state index in [-0.39, 0.29) is 13.2 Å².